The van der Waals surface area contributed by atoms with E-state index in [2.05, 4.69) is 5.32 Å². The van der Waals surface area contributed by atoms with Crippen LogP contribution in [0.3, 0.4) is 0 Å². The van der Waals surface area contributed by atoms with Crippen LogP contribution in [0.15, 0.2) is 24.3 Å². The zero-order chi connectivity index (χ0) is 17.2. The van der Waals surface area contributed by atoms with Gasteiger partial charge >= 0.3 is 0 Å². The molecule has 6 heteroatoms. The molecule has 0 bridgehead atoms. The van der Waals surface area contributed by atoms with Gasteiger partial charge in [0.2, 0.25) is 17.4 Å². The molecule has 0 saturated carbocycles. The lowest BCUT2D eigenvalue weighted by molar-refractivity contribution is -0.730. The van der Waals surface area contributed by atoms with Gasteiger partial charge in [-0.3, -0.25) is 19.3 Å². The van der Waals surface area contributed by atoms with Crippen molar-refractivity contribution >= 4 is 23.4 Å². The number of hydrogen-bond acceptors (Lipinski definition) is 3. The Hall–Kier alpha value is -2.21. The molecule has 3 aliphatic heterocycles. The number of amides is 3. The van der Waals surface area contributed by atoms with Gasteiger partial charge in [-0.2, -0.15) is 0 Å². The number of nitrogens with zero attached hydrogens (tertiary/aromatic N) is 1. The molecule has 3 amide bonds. The van der Waals surface area contributed by atoms with E-state index in [0.29, 0.717) is 6.42 Å². The summed E-state index contributed by atoms with van der Waals surface area (Å²) in [5, 5.41) is 4.83. The summed E-state index contributed by atoms with van der Waals surface area (Å²) in [6.45, 7) is 5.79. The second kappa shape index (κ2) is 4.89. The largest absolute Gasteiger partial charge is 0.326 e. The highest BCUT2D eigenvalue weighted by molar-refractivity contribution is 6.14. The number of fused-ring (bicyclic) bond motifs is 4. The Bertz CT molecular complexity index is 762. The zero-order valence-electron chi connectivity index (χ0n) is 14.1. The molecule has 1 aromatic carbocycles. The van der Waals surface area contributed by atoms with Gasteiger partial charge in [-0.25, -0.2) is 0 Å². The van der Waals surface area contributed by atoms with Gasteiger partial charge in [0, 0.05) is 11.6 Å². The van der Waals surface area contributed by atoms with Crippen LogP contribution in [0.2, 0.25) is 0 Å². The van der Waals surface area contributed by atoms with Crippen LogP contribution in [0.1, 0.15) is 32.8 Å². The van der Waals surface area contributed by atoms with E-state index >= 15 is 0 Å². The minimum Gasteiger partial charge on any atom is -0.326 e. The number of carbonyl (C=O) groups is 3. The Balaban J connectivity index is 1.88. The van der Waals surface area contributed by atoms with Gasteiger partial charge in [0.1, 0.15) is 11.8 Å². The molecule has 3 heterocycles. The summed E-state index contributed by atoms with van der Waals surface area (Å²) in [7, 11) is 0. The zero-order valence-corrected chi connectivity index (χ0v) is 14.1. The van der Waals surface area contributed by atoms with Crippen LogP contribution in [0.25, 0.3) is 0 Å². The molecule has 1 aromatic rings. The number of rotatable bonds is 2. The molecule has 3 aliphatic rings. The van der Waals surface area contributed by atoms with Crippen LogP contribution in [0.5, 0.6) is 0 Å². The molecular weight excluding hydrogens is 306 g/mol. The number of imide groups is 1. The number of carbonyl (C=O) groups excluding carboxylic acids is 3. The standard InChI is InChI=1S/C18H21N3O3/c1-4-9(2)21-15(22)13-10(3)20-18(14(13)16(21)23)11-7-5-6-8-12(11)19-17(18)24/h5-10,13-14,20H,4H2,1-3H3,(H,19,24)/p+1/t9-,10+,13-,14+,18-/m1/s1. The van der Waals surface area contributed by atoms with Crippen molar-refractivity contribution in [3.63, 3.8) is 0 Å². The van der Waals surface area contributed by atoms with Gasteiger partial charge in [-0.1, -0.05) is 25.1 Å². The van der Waals surface area contributed by atoms with Crippen molar-refractivity contribution in [2.75, 3.05) is 5.32 Å². The molecule has 126 valence electrons. The van der Waals surface area contributed by atoms with Crippen molar-refractivity contribution in [3.05, 3.63) is 29.8 Å². The van der Waals surface area contributed by atoms with Gasteiger partial charge in [0.25, 0.3) is 5.91 Å². The first-order valence-electron chi connectivity index (χ1n) is 8.57. The molecule has 2 saturated heterocycles. The van der Waals surface area contributed by atoms with E-state index in [1.165, 1.54) is 4.90 Å². The Labute approximate surface area is 140 Å². The highest BCUT2D eigenvalue weighted by atomic mass is 16.2. The van der Waals surface area contributed by atoms with Crippen molar-refractivity contribution in [2.24, 2.45) is 11.8 Å². The first kappa shape index (κ1) is 15.3. The first-order valence-corrected chi connectivity index (χ1v) is 8.57. The van der Waals surface area contributed by atoms with Crippen LogP contribution >= 0.6 is 0 Å². The average Bonchev–Trinajstić information content (AvgIpc) is 3.12. The number of nitrogens with two attached hydrogens (primary N) is 1. The number of benzene rings is 1. The predicted molar refractivity (Wildman–Crippen MR) is 86.7 cm³/mol. The van der Waals surface area contributed by atoms with Crippen molar-refractivity contribution in [2.45, 2.75) is 44.8 Å². The lowest BCUT2D eigenvalue weighted by Crippen LogP contribution is -2.98. The minimum atomic E-state index is -1.02. The van der Waals surface area contributed by atoms with E-state index in [0.717, 1.165) is 11.3 Å². The fraction of sp³-hybridized carbons (Fsp3) is 0.500. The van der Waals surface area contributed by atoms with E-state index in [1.807, 2.05) is 50.4 Å². The van der Waals surface area contributed by atoms with Gasteiger partial charge < -0.3 is 10.6 Å². The summed E-state index contributed by atoms with van der Waals surface area (Å²) in [6, 6.07) is 7.22. The minimum absolute atomic E-state index is 0.114. The van der Waals surface area contributed by atoms with E-state index < -0.39 is 17.4 Å². The third-order valence-electron chi connectivity index (χ3n) is 6.00. The molecule has 0 aromatic heterocycles. The quantitative estimate of drug-likeness (QED) is 0.761. The molecule has 6 nitrogen and oxygen atoms in total. The van der Waals surface area contributed by atoms with Crippen molar-refractivity contribution in [1.82, 2.24) is 4.90 Å². The second-order valence-corrected chi connectivity index (χ2v) is 7.20. The number of quaternary nitrogens is 1. The Morgan fingerprint density at radius 3 is 2.67 bits per heavy atom. The second-order valence-electron chi connectivity index (χ2n) is 7.20. The molecule has 3 N–H and O–H groups in total. The van der Waals surface area contributed by atoms with Crippen LogP contribution in [0, 0.1) is 11.8 Å². The molecule has 1 spiro atoms. The summed E-state index contributed by atoms with van der Waals surface area (Å²) in [5.41, 5.74) is 0.547. The third-order valence-corrected chi connectivity index (χ3v) is 6.00. The van der Waals surface area contributed by atoms with E-state index in [1.54, 1.807) is 0 Å². The molecule has 0 aliphatic carbocycles. The number of nitrogens with one attached hydrogen (secondary N) is 1. The lowest BCUT2D eigenvalue weighted by Gasteiger charge is -2.28. The Morgan fingerprint density at radius 1 is 1.25 bits per heavy atom. The van der Waals surface area contributed by atoms with Gasteiger partial charge in [0.15, 0.2) is 0 Å². The highest BCUT2D eigenvalue weighted by Gasteiger charge is 2.73. The maximum absolute atomic E-state index is 13.2. The van der Waals surface area contributed by atoms with Crippen molar-refractivity contribution < 1.29 is 19.7 Å². The summed E-state index contributed by atoms with van der Waals surface area (Å²) in [6.07, 6.45) is 0.713. The molecule has 0 unspecified atom stereocenters. The van der Waals surface area contributed by atoms with Crippen LogP contribution in [-0.4, -0.2) is 34.7 Å². The van der Waals surface area contributed by atoms with E-state index in [9.17, 15) is 14.4 Å². The van der Waals surface area contributed by atoms with Crippen LogP contribution in [-0.2, 0) is 19.9 Å². The monoisotopic (exact) mass is 328 g/mol. The first-order chi connectivity index (χ1) is 11.4. The molecule has 2 fully saturated rings. The van der Waals surface area contributed by atoms with Crippen molar-refractivity contribution in [1.29, 1.82) is 0 Å². The molecule has 5 atom stereocenters. The lowest BCUT2D eigenvalue weighted by atomic mass is 9.76. The highest BCUT2D eigenvalue weighted by Crippen LogP contribution is 2.49. The van der Waals surface area contributed by atoms with E-state index in [-0.39, 0.29) is 29.8 Å². The fourth-order valence-corrected chi connectivity index (χ4v) is 4.74. The van der Waals surface area contributed by atoms with Gasteiger partial charge in [-0.15, -0.1) is 0 Å². The van der Waals surface area contributed by atoms with Crippen LogP contribution in [0.4, 0.5) is 5.69 Å². The summed E-state index contributed by atoms with van der Waals surface area (Å²) >= 11 is 0. The number of likely N-dealkylation sites (tertiary alicyclic amines) is 1. The van der Waals surface area contributed by atoms with Gasteiger partial charge in [0.05, 0.1) is 11.7 Å². The number of anilines is 1. The summed E-state index contributed by atoms with van der Waals surface area (Å²) < 4.78 is 0. The number of para-hydroxylation sites is 1. The molecule has 24 heavy (non-hydrogen) atoms. The predicted octanol–water partition coefficient (Wildman–Crippen LogP) is 0.199. The SMILES string of the molecule is CC[C@@H](C)N1C(=O)[C@@H]2[C@H](C)[NH2+][C@@]3(C(=O)Nc4ccccc43)[C@@H]2C1=O. The fourth-order valence-electron chi connectivity index (χ4n) is 4.74. The summed E-state index contributed by atoms with van der Waals surface area (Å²) in [4.78, 5) is 40.4. The smallest absolute Gasteiger partial charge is 0.291 e. The van der Waals surface area contributed by atoms with Crippen molar-refractivity contribution in [3.8, 4) is 0 Å². The van der Waals surface area contributed by atoms with E-state index in [4.69, 9.17) is 0 Å². The number of hydrogen-bond donors (Lipinski definition) is 2. The molecule has 0 radical (unpaired) electrons. The third kappa shape index (κ3) is 1.61. The maximum atomic E-state index is 13.2. The Morgan fingerprint density at radius 2 is 1.96 bits per heavy atom. The van der Waals surface area contributed by atoms with Crippen LogP contribution < -0.4 is 10.6 Å². The van der Waals surface area contributed by atoms with Gasteiger partial charge in [-0.05, 0) is 26.3 Å². The summed E-state index contributed by atoms with van der Waals surface area (Å²) in [5.74, 6) is -1.58. The average molecular weight is 328 g/mol. The maximum Gasteiger partial charge on any atom is 0.291 e. The molecular formula is C18H22N3O3+. The molecule has 4 rings (SSSR count). The topological polar surface area (TPSA) is 83.1 Å². The normalized spacial score (nSPS) is 35.4. The Kier molecular flexibility index (Phi) is 3.12.